The molecule has 0 saturated heterocycles. The minimum absolute atomic E-state index is 0.207. The Morgan fingerprint density at radius 3 is 2.33 bits per heavy atom. The van der Waals surface area contributed by atoms with E-state index >= 15 is 0 Å². The largest absolute Gasteiger partial charge is 0.461 e. The van der Waals surface area contributed by atoms with Gasteiger partial charge in [-0.2, -0.15) is 0 Å². The van der Waals surface area contributed by atoms with Crippen molar-refractivity contribution in [2.45, 2.75) is 41.5 Å². The molecule has 0 N–H and O–H groups in total. The van der Waals surface area contributed by atoms with Crippen LogP contribution in [-0.4, -0.2) is 28.4 Å². The molecule has 3 unspecified atom stereocenters. The van der Waals surface area contributed by atoms with Gasteiger partial charge in [-0.05, 0) is 49.9 Å². The van der Waals surface area contributed by atoms with Gasteiger partial charge in [0.2, 0.25) is 3.79 Å². The topological polar surface area (TPSA) is 52.6 Å². The van der Waals surface area contributed by atoms with Crippen LogP contribution in [0.15, 0.2) is 0 Å². The highest BCUT2D eigenvalue weighted by molar-refractivity contribution is 6.67. The van der Waals surface area contributed by atoms with Crippen molar-refractivity contribution >= 4 is 47.2 Å². The van der Waals surface area contributed by atoms with E-state index in [4.69, 9.17) is 44.3 Å². The highest BCUT2D eigenvalue weighted by Crippen LogP contribution is 2.60. The number of carbonyl (C=O) groups excluding carboxylic acids is 2. The first kappa shape index (κ1) is 15.7. The lowest BCUT2D eigenvalue weighted by Gasteiger charge is -2.58. The van der Waals surface area contributed by atoms with Gasteiger partial charge in [0.15, 0.2) is 0 Å². The third-order valence-electron chi connectivity index (χ3n) is 5.16. The van der Waals surface area contributed by atoms with Crippen LogP contribution in [0.2, 0.25) is 0 Å². The van der Waals surface area contributed by atoms with Crippen LogP contribution in [0.5, 0.6) is 0 Å². The van der Waals surface area contributed by atoms with E-state index in [9.17, 15) is 9.59 Å². The first-order valence-electron chi connectivity index (χ1n) is 7.18. The SMILES string of the molecule is O=COC12CC3CC(CC(C3)C1C(=O)OCC(Cl)(Cl)Cl)C2. The maximum Gasteiger partial charge on any atom is 0.313 e. The molecule has 4 fully saturated rings. The van der Waals surface area contributed by atoms with Crippen LogP contribution in [0.3, 0.4) is 0 Å². The molecular formula is C14H17Cl3O4. The molecule has 0 aromatic rings. The Morgan fingerprint density at radius 1 is 1.19 bits per heavy atom. The summed E-state index contributed by atoms with van der Waals surface area (Å²) in [4.78, 5) is 23.4. The maximum absolute atomic E-state index is 12.5. The van der Waals surface area contributed by atoms with Crippen molar-refractivity contribution in [3.63, 3.8) is 0 Å². The summed E-state index contributed by atoms with van der Waals surface area (Å²) >= 11 is 16.9. The molecule has 4 bridgehead atoms. The normalized spacial score (nSPS) is 40.9. The number of alkyl halides is 3. The van der Waals surface area contributed by atoms with Crippen molar-refractivity contribution in [2.75, 3.05) is 6.61 Å². The minimum Gasteiger partial charge on any atom is -0.461 e. The van der Waals surface area contributed by atoms with Crippen molar-refractivity contribution in [1.82, 2.24) is 0 Å². The number of carbonyl (C=O) groups is 2. The Bertz CT molecular complexity index is 434. The molecule has 3 atom stereocenters. The van der Waals surface area contributed by atoms with E-state index in [0.717, 1.165) is 25.7 Å². The molecule has 0 aliphatic heterocycles. The van der Waals surface area contributed by atoms with Crippen molar-refractivity contribution in [3.8, 4) is 0 Å². The fourth-order valence-electron chi connectivity index (χ4n) is 4.88. The molecule has 4 aliphatic rings. The molecular weight excluding hydrogens is 339 g/mol. The molecule has 4 nitrogen and oxygen atoms in total. The second-order valence-electron chi connectivity index (χ2n) is 6.59. The van der Waals surface area contributed by atoms with Crippen LogP contribution in [-0.2, 0) is 19.1 Å². The van der Waals surface area contributed by atoms with Gasteiger partial charge in [-0.1, -0.05) is 34.8 Å². The Balaban J connectivity index is 1.79. The van der Waals surface area contributed by atoms with Gasteiger partial charge >= 0.3 is 5.97 Å². The Hall–Kier alpha value is -0.190. The van der Waals surface area contributed by atoms with Gasteiger partial charge in [0.25, 0.3) is 6.47 Å². The number of hydrogen-bond donors (Lipinski definition) is 0. The molecule has 4 saturated carbocycles. The predicted octanol–water partition coefficient (Wildman–Crippen LogP) is 3.27. The molecule has 0 aromatic heterocycles. The summed E-state index contributed by atoms with van der Waals surface area (Å²) < 4.78 is 8.98. The molecule has 0 amide bonds. The van der Waals surface area contributed by atoms with Crippen LogP contribution >= 0.6 is 34.8 Å². The maximum atomic E-state index is 12.5. The van der Waals surface area contributed by atoms with Gasteiger partial charge in [0.1, 0.15) is 12.2 Å². The molecule has 7 heteroatoms. The molecule has 21 heavy (non-hydrogen) atoms. The van der Waals surface area contributed by atoms with Gasteiger partial charge < -0.3 is 9.47 Å². The number of ether oxygens (including phenoxy) is 2. The zero-order valence-corrected chi connectivity index (χ0v) is 13.7. The lowest BCUT2D eigenvalue weighted by Crippen LogP contribution is -2.61. The van der Waals surface area contributed by atoms with E-state index in [1.807, 2.05) is 0 Å². The molecule has 0 aromatic carbocycles. The van der Waals surface area contributed by atoms with Crippen molar-refractivity contribution < 1.29 is 19.1 Å². The summed E-state index contributed by atoms with van der Waals surface area (Å²) in [7, 11) is 0. The fraction of sp³-hybridized carbons (Fsp3) is 0.857. The summed E-state index contributed by atoms with van der Waals surface area (Å²) in [6.07, 6.45) is 4.65. The van der Waals surface area contributed by atoms with E-state index in [-0.39, 0.29) is 12.5 Å². The smallest absolute Gasteiger partial charge is 0.313 e. The molecule has 0 spiro atoms. The summed E-state index contributed by atoms with van der Waals surface area (Å²) in [5.41, 5.74) is -0.707. The highest BCUT2D eigenvalue weighted by Gasteiger charge is 2.61. The van der Waals surface area contributed by atoms with Gasteiger partial charge in [0.05, 0.1) is 5.92 Å². The zero-order chi connectivity index (χ0) is 15.3. The highest BCUT2D eigenvalue weighted by atomic mass is 35.6. The van der Waals surface area contributed by atoms with Crippen molar-refractivity contribution in [2.24, 2.45) is 23.7 Å². The summed E-state index contributed by atoms with van der Waals surface area (Å²) in [5, 5.41) is 0. The Morgan fingerprint density at radius 2 is 1.81 bits per heavy atom. The monoisotopic (exact) mass is 354 g/mol. The fourth-order valence-corrected chi connectivity index (χ4v) is 5.04. The lowest BCUT2D eigenvalue weighted by molar-refractivity contribution is -0.208. The molecule has 4 aliphatic carbocycles. The average Bonchev–Trinajstić information content (AvgIpc) is 2.34. The van der Waals surface area contributed by atoms with E-state index in [1.54, 1.807) is 0 Å². The zero-order valence-electron chi connectivity index (χ0n) is 11.4. The van der Waals surface area contributed by atoms with E-state index in [0.29, 0.717) is 18.3 Å². The molecule has 118 valence electrons. The van der Waals surface area contributed by atoms with Gasteiger partial charge in [-0.3, -0.25) is 9.59 Å². The van der Waals surface area contributed by atoms with Crippen molar-refractivity contribution in [3.05, 3.63) is 0 Å². The second-order valence-corrected chi connectivity index (χ2v) is 9.10. The number of hydrogen-bond acceptors (Lipinski definition) is 4. The Kier molecular flexibility index (Phi) is 4.09. The minimum atomic E-state index is -1.62. The van der Waals surface area contributed by atoms with Crippen LogP contribution in [0.25, 0.3) is 0 Å². The third-order valence-corrected chi connectivity index (χ3v) is 5.49. The first-order valence-corrected chi connectivity index (χ1v) is 8.31. The lowest BCUT2D eigenvalue weighted by atomic mass is 9.49. The predicted molar refractivity (Wildman–Crippen MR) is 78.2 cm³/mol. The van der Waals surface area contributed by atoms with Crippen LogP contribution in [0.4, 0.5) is 0 Å². The van der Waals surface area contributed by atoms with E-state index in [2.05, 4.69) is 0 Å². The second kappa shape index (κ2) is 5.47. The number of esters is 1. The summed E-state index contributed by atoms with van der Waals surface area (Å²) in [6.45, 7) is 0.173. The number of rotatable bonds is 4. The third kappa shape index (κ3) is 2.99. The molecule has 4 rings (SSSR count). The van der Waals surface area contributed by atoms with Crippen LogP contribution in [0.1, 0.15) is 32.1 Å². The quantitative estimate of drug-likeness (QED) is 0.441. The summed E-state index contributed by atoms with van der Waals surface area (Å²) in [6, 6.07) is 0. The van der Waals surface area contributed by atoms with Gasteiger partial charge in [-0.25, -0.2) is 0 Å². The van der Waals surface area contributed by atoms with Crippen molar-refractivity contribution in [1.29, 1.82) is 0 Å². The van der Waals surface area contributed by atoms with Crippen LogP contribution in [0, 0.1) is 23.7 Å². The molecule has 0 heterocycles. The van der Waals surface area contributed by atoms with Gasteiger partial charge in [-0.15, -0.1) is 0 Å². The standard InChI is InChI=1S/C14H17Cl3O4/c15-14(16,17)6-20-12(19)11-10-2-8-1-9(3-10)5-13(11,4-8)21-7-18/h7-11H,1-6H2. The first-order chi connectivity index (χ1) is 9.83. The molecule has 0 radical (unpaired) electrons. The van der Waals surface area contributed by atoms with E-state index < -0.39 is 21.3 Å². The number of halogens is 3. The average molecular weight is 356 g/mol. The van der Waals surface area contributed by atoms with E-state index in [1.165, 1.54) is 6.42 Å². The van der Waals surface area contributed by atoms with Gasteiger partial charge in [0, 0.05) is 0 Å². The summed E-state index contributed by atoms with van der Waals surface area (Å²) in [5.74, 6) is 0.452. The van der Waals surface area contributed by atoms with Crippen LogP contribution < -0.4 is 0 Å². The Labute approximate surface area is 138 Å².